The predicted octanol–water partition coefficient (Wildman–Crippen LogP) is 16.1. The highest BCUT2D eigenvalue weighted by Gasteiger charge is 2.37. The Labute approximate surface area is 544 Å². The van der Waals surface area contributed by atoms with E-state index in [1.807, 2.05) is 48.5 Å². The molecule has 0 aromatic heterocycles. The van der Waals surface area contributed by atoms with E-state index in [0.717, 1.165) is 130 Å². The zero-order valence-corrected chi connectivity index (χ0v) is 53.3. The number of nitrogens with zero attached hydrogens (tertiary/aromatic N) is 2. The number of carbonyl (C=O) groups excluding carboxylic acids is 4. The van der Waals surface area contributed by atoms with Gasteiger partial charge in [-0.3, -0.25) is 29.0 Å². The molecule has 6 aliphatic rings. The molecule has 0 N–H and O–H groups in total. The Morgan fingerprint density at radius 3 is 1.33 bits per heavy atom. The number of amides is 4. The van der Waals surface area contributed by atoms with Crippen LogP contribution in [0, 0.1) is 41.6 Å². The fourth-order valence-electron chi connectivity index (χ4n) is 12.2. The van der Waals surface area contributed by atoms with Gasteiger partial charge in [0.15, 0.2) is 12.6 Å². The van der Waals surface area contributed by atoms with Gasteiger partial charge in [-0.2, -0.15) is 0 Å². The molecule has 6 heterocycles. The lowest BCUT2D eigenvalue weighted by atomic mass is 9.85. The van der Waals surface area contributed by atoms with Crippen molar-refractivity contribution in [3.8, 4) is 47.2 Å². The maximum atomic E-state index is 12.7. The normalized spacial score (nSPS) is 18.7. The molecule has 2 fully saturated rings. The highest BCUT2D eigenvalue weighted by Crippen LogP contribution is 2.49. The molecule has 0 radical (unpaired) electrons. The van der Waals surface area contributed by atoms with Gasteiger partial charge in [0.2, 0.25) is 0 Å². The zero-order chi connectivity index (χ0) is 63.1. The summed E-state index contributed by atoms with van der Waals surface area (Å²) in [7, 11) is 0. The summed E-state index contributed by atoms with van der Waals surface area (Å²) >= 11 is 2.34. The largest absolute Gasteiger partial charge is 0.480 e. The molecule has 0 spiro atoms. The molecule has 8 aromatic rings. The molecule has 14 rings (SSSR count). The van der Waals surface area contributed by atoms with Gasteiger partial charge in [-0.1, -0.05) is 114 Å². The third kappa shape index (κ3) is 13.5. The van der Waals surface area contributed by atoms with Gasteiger partial charge in [0.05, 0.1) is 48.6 Å². The standard InChI is InChI=1S/C39H33NO5.C28H27IO3.C11H7NO2/c1-25-15-20-34-33(23-25)26(2)36(29-10-7-11-30(24-29)44-35-14-5-6-22-43-35)37(45-34)28-18-16-27(17-19-28)9-8-21-40-38(41)31-12-3-4-13-32(31)39(40)42;1-18-9-14-25-24(16-18)19(2)27(28(32-25)20-10-12-22(29)13-11-20)21-6-5-7-23(17-21)31-26-8-3-4-15-30-26;1-2-7-12-10(13)8-5-3-4-6-9(8)11(12)14/h3-4,7,10-13,15-20,23-24,35,37H,5-6,14,21-22H2,1-2H3;5-7,9-14,16-17,26,28H,3-4,8,15H2,1-2H3;1,3-6H,7H2. The Bertz CT molecular complexity index is 4220. The van der Waals surface area contributed by atoms with E-state index in [4.69, 9.17) is 34.8 Å². The van der Waals surface area contributed by atoms with Gasteiger partial charge in [0.1, 0.15) is 35.2 Å². The second kappa shape index (κ2) is 27.7. The highest BCUT2D eigenvalue weighted by molar-refractivity contribution is 14.1. The first kappa shape index (κ1) is 61.7. The van der Waals surface area contributed by atoms with Crippen LogP contribution in [0.5, 0.6) is 23.0 Å². The average molecular weight is 1320 g/mol. The van der Waals surface area contributed by atoms with Crippen LogP contribution >= 0.6 is 22.6 Å². The van der Waals surface area contributed by atoms with Crippen LogP contribution in [0.15, 0.2) is 182 Å². The van der Waals surface area contributed by atoms with Crippen molar-refractivity contribution in [1.29, 1.82) is 0 Å². The topological polar surface area (TPSA) is 130 Å². The van der Waals surface area contributed by atoms with E-state index in [1.54, 1.807) is 48.5 Å². The number of terminal acetylenes is 1. The van der Waals surface area contributed by atoms with Gasteiger partial charge in [0.25, 0.3) is 23.6 Å². The van der Waals surface area contributed by atoms with E-state index in [-0.39, 0.29) is 61.5 Å². The van der Waals surface area contributed by atoms with Crippen LogP contribution in [-0.2, 0) is 9.47 Å². The van der Waals surface area contributed by atoms with E-state index in [2.05, 4.69) is 153 Å². The first-order chi connectivity index (χ1) is 44.3. The monoisotopic (exact) mass is 1320 g/mol. The Balaban J connectivity index is 0.000000150. The lowest BCUT2D eigenvalue weighted by molar-refractivity contribution is -0.106. The third-order valence-electron chi connectivity index (χ3n) is 16.9. The van der Waals surface area contributed by atoms with Crippen molar-refractivity contribution in [2.24, 2.45) is 0 Å². The predicted molar refractivity (Wildman–Crippen MR) is 360 cm³/mol. The van der Waals surface area contributed by atoms with Gasteiger partial charge >= 0.3 is 0 Å². The number of ether oxygens (including phenoxy) is 6. The van der Waals surface area contributed by atoms with Crippen LogP contribution in [0.3, 0.4) is 0 Å². The number of hydrogen-bond donors (Lipinski definition) is 0. The Morgan fingerprint density at radius 2 is 0.912 bits per heavy atom. The summed E-state index contributed by atoms with van der Waals surface area (Å²) in [6.45, 7) is 10.1. The molecule has 6 aliphatic heterocycles. The third-order valence-corrected chi connectivity index (χ3v) is 17.6. The molecule has 0 aliphatic carbocycles. The van der Waals surface area contributed by atoms with Crippen LogP contribution in [0.25, 0.3) is 22.3 Å². The number of imide groups is 2. The molecule has 0 bridgehead atoms. The second-order valence-corrected chi connectivity index (χ2v) is 24.4. The second-order valence-electron chi connectivity index (χ2n) is 23.1. The lowest BCUT2D eigenvalue weighted by Gasteiger charge is -2.31. The molecular weight excluding hydrogens is 1250 g/mol. The van der Waals surface area contributed by atoms with E-state index in [1.165, 1.54) is 30.7 Å². The molecule has 0 saturated carbocycles. The van der Waals surface area contributed by atoms with E-state index >= 15 is 0 Å². The van der Waals surface area contributed by atoms with Crippen molar-refractivity contribution in [3.05, 3.63) is 258 Å². The first-order valence-corrected chi connectivity index (χ1v) is 31.8. The number of benzene rings is 8. The molecule has 4 atom stereocenters. The summed E-state index contributed by atoms with van der Waals surface area (Å²) in [5, 5.41) is 0. The fraction of sp³-hybridized carbons (Fsp3) is 0.231. The lowest BCUT2D eigenvalue weighted by Crippen LogP contribution is -2.29. The summed E-state index contributed by atoms with van der Waals surface area (Å²) < 4.78 is 38.6. The Hall–Kier alpha value is -9.51. The van der Waals surface area contributed by atoms with Crippen LogP contribution in [0.4, 0.5) is 0 Å². The Kier molecular flexibility index (Phi) is 18.8. The molecule has 13 heteroatoms. The van der Waals surface area contributed by atoms with Crippen molar-refractivity contribution >= 4 is 68.5 Å². The quantitative estimate of drug-likeness (QED) is 0.0741. The van der Waals surface area contributed by atoms with Gasteiger partial charge in [0, 0.05) is 44.2 Å². The highest BCUT2D eigenvalue weighted by atomic mass is 127. The van der Waals surface area contributed by atoms with E-state index in [9.17, 15) is 19.2 Å². The number of rotatable bonds is 10. The minimum atomic E-state index is -0.346. The summed E-state index contributed by atoms with van der Waals surface area (Å²) in [5.41, 5.74) is 16.1. The van der Waals surface area contributed by atoms with E-state index in [0.29, 0.717) is 22.3 Å². The van der Waals surface area contributed by atoms with Crippen molar-refractivity contribution in [3.63, 3.8) is 0 Å². The Morgan fingerprint density at radius 1 is 0.484 bits per heavy atom. The van der Waals surface area contributed by atoms with Crippen molar-refractivity contribution in [2.45, 2.75) is 91.0 Å². The maximum Gasteiger partial charge on any atom is 0.262 e. The number of fused-ring (bicyclic) bond motifs is 4. The molecule has 4 unspecified atom stereocenters. The smallest absolute Gasteiger partial charge is 0.262 e. The van der Waals surface area contributed by atoms with Gasteiger partial charge < -0.3 is 28.4 Å². The van der Waals surface area contributed by atoms with Crippen molar-refractivity contribution in [2.75, 3.05) is 26.3 Å². The van der Waals surface area contributed by atoms with Gasteiger partial charge in [-0.05, 0) is 206 Å². The number of hydrogen-bond acceptors (Lipinski definition) is 10. The molecule has 456 valence electrons. The zero-order valence-electron chi connectivity index (χ0n) is 51.1. The molecule has 8 aromatic carbocycles. The average Bonchev–Trinajstić information content (AvgIpc) is 1.72. The van der Waals surface area contributed by atoms with Gasteiger partial charge in [-0.25, -0.2) is 0 Å². The summed E-state index contributed by atoms with van der Waals surface area (Å²) in [4.78, 5) is 50.8. The first-order valence-electron chi connectivity index (χ1n) is 30.7. The van der Waals surface area contributed by atoms with E-state index < -0.39 is 0 Å². The summed E-state index contributed by atoms with van der Waals surface area (Å²) in [6, 6.07) is 59.3. The number of halogens is 1. The number of carbonyl (C=O) groups is 4. The van der Waals surface area contributed by atoms with Crippen LogP contribution in [-0.4, -0.2) is 72.3 Å². The summed E-state index contributed by atoms with van der Waals surface area (Å²) in [6.07, 6.45) is 10.4. The number of allylic oxidation sites excluding steroid dienone is 2. The number of aryl methyl sites for hydroxylation is 2. The van der Waals surface area contributed by atoms with Crippen LogP contribution < -0.4 is 18.9 Å². The molecule has 4 amide bonds. The molecule has 91 heavy (non-hydrogen) atoms. The minimum absolute atomic E-state index is 0.0341. The van der Waals surface area contributed by atoms with Crippen LogP contribution in [0.1, 0.15) is 156 Å². The van der Waals surface area contributed by atoms with Crippen LogP contribution in [0.2, 0.25) is 0 Å². The molecular formula is C78H67IN2O10. The maximum absolute atomic E-state index is 12.7. The SMILES string of the molecule is C#CCN1C(=O)c2ccccc2C1=O.CC1=C(c2cccc(OC3CCCCO3)c2)C(c2ccc(C#CCN3C(=O)c4ccccc4C3=O)cc2)Oc2ccc(C)cc21.CC1=C(c2cccc(OC3CCCCO3)c2)C(c2ccc(I)cc2)Oc2ccc(C)cc21. The van der Waals surface area contributed by atoms with Gasteiger partial charge in [-0.15, -0.1) is 6.42 Å². The summed E-state index contributed by atoms with van der Waals surface area (Å²) in [5.74, 6) is 10.6. The minimum Gasteiger partial charge on any atom is -0.480 e. The molecule has 2 saturated heterocycles. The molecule has 12 nitrogen and oxygen atoms in total. The van der Waals surface area contributed by atoms with Crippen molar-refractivity contribution < 1.29 is 47.6 Å². The van der Waals surface area contributed by atoms with Crippen molar-refractivity contribution in [1.82, 2.24) is 9.80 Å². The fourth-order valence-corrected chi connectivity index (χ4v) is 12.5.